The van der Waals surface area contributed by atoms with E-state index in [2.05, 4.69) is 38.9 Å². The van der Waals surface area contributed by atoms with Crippen molar-refractivity contribution in [3.05, 3.63) is 108 Å². The van der Waals surface area contributed by atoms with E-state index in [9.17, 15) is 4.79 Å². The molecule has 0 unspecified atom stereocenters. The number of anilines is 4. The van der Waals surface area contributed by atoms with E-state index in [1.165, 1.54) is 0 Å². The SMILES string of the molecule is C/C=C\C(=C/C)Nc1ccc(NC(=O)c2ccc(Nc3ccnc4ccc(C)cc34)nc2)cc1. The van der Waals surface area contributed by atoms with Crippen LogP contribution in [-0.4, -0.2) is 15.9 Å². The minimum Gasteiger partial charge on any atom is -0.356 e. The van der Waals surface area contributed by atoms with Crippen LogP contribution in [-0.2, 0) is 0 Å². The first-order chi connectivity index (χ1) is 16.6. The topological polar surface area (TPSA) is 78.9 Å². The van der Waals surface area contributed by atoms with Gasteiger partial charge in [-0.1, -0.05) is 23.8 Å². The summed E-state index contributed by atoms with van der Waals surface area (Å²) in [6.07, 6.45) is 9.31. The van der Waals surface area contributed by atoms with Gasteiger partial charge in [-0.2, -0.15) is 0 Å². The van der Waals surface area contributed by atoms with Gasteiger partial charge in [0.25, 0.3) is 5.91 Å². The highest BCUT2D eigenvalue weighted by Crippen LogP contribution is 2.25. The van der Waals surface area contributed by atoms with Crippen molar-refractivity contribution < 1.29 is 4.79 Å². The molecule has 2 heterocycles. The van der Waals surface area contributed by atoms with E-state index in [4.69, 9.17) is 0 Å². The monoisotopic (exact) mass is 449 g/mol. The Morgan fingerprint density at radius 3 is 2.32 bits per heavy atom. The maximum Gasteiger partial charge on any atom is 0.257 e. The van der Waals surface area contributed by atoms with E-state index in [1.807, 2.05) is 74.5 Å². The van der Waals surface area contributed by atoms with Crippen molar-refractivity contribution in [3.63, 3.8) is 0 Å². The molecule has 34 heavy (non-hydrogen) atoms. The second-order valence-electron chi connectivity index (χ2n) is 7.84. The Hall–Kier alpha value is -4.45. The van der Waals surface area contributed by atoms with Gasteiger partial charge in [0.05, 0.1) is 16.8 Å². The van der Waals surface area contributed by atoms with Crippen molar-refractivity contribution in [1.29, 1.82) is 0 Å². The molecule has 170 valence electrons. The summed E-state index contributed by atoms with van der Waals surface area (Å²) in [5, 5.41) is 10.6. The zero-order valence-electron chi connectivity index (χ0n) is 19.5. The summed E-state index contributed by atoms with van der Waals surface area (Å²) < 4.78 is 0. The Balaban J connectivity index is 1.41. The zero-order chi connectivity index (χ0) is 23.9. The number of allylic oxidation sites excluding steroid dienone is 3. The van der Waals surface area contributed by atoms with E-state index in [1.54, 1.807) is 24.5 Å². The minimum atomic E-state index is -0.215. The van der Waals surface area contributed by atoms with Crippen molar-refractivity contribution in [1.82, 2.24) is 9.97 Å². The highest BCUT2D eigenvalue weighted by atomic mass is 16.1. The van der Waals surface area contributed by atoms with Gasteiger partial charge in [0.1, 0.15) is 5.82 Å². The van der Waals surface area contributed by atoms with Crippen molar-refractivity contribution >= 4 is 39.7 Å². The average molecular weight is 450 g/mol. The molecule has 0 saturated heterocycles. The smallest absolute Gasteiger partial charge is 0.257 e. The van der Waals surface area contributed by atoms with E-state index in [0.717, 1.165) is 33.5 Å². The molecule has 0 aliphatic carbocycles. The Bertz CT molecular complexity index is 1360. The normalized spacial score (nSPS) is 11.6. The predicted octanol–water partition coefficient (Wildman–Crippen LogP) is 6.83. The number of nitrogens with one attached hydrogen (secondary N) is 3. The Labute approximate surface area is 199 Å². The summed E-state index contributed by atoms with van der Waals surface area (Å²) in [5.41, 5.74) is 6.14. The first kappa shape index (κ1) is 22.7. The largest absolute Gasteiger partial charge is 0.356 e. The molecule has 0 aliphatic rings. The molecule has 0 saturated carbocycles. The summed E-state index contributed by atoms with van der Waals surface area (Å²) >= 11 is 0. The van der Waals surface area contributed by atoms with Crippen LogP contribution in [0.3, 0.4) is 0 Å². The van der Waals surface area contributed by atoms with Crippen LogP contribution in [0, 0.1) is 6.92 Å². The third-order valence-electron chi connectivity index (χ3n) is 5.27. The molecule has 0 spiro atoms. The molecule has 6 nitrogen and oxygen atoms in total. The number of benzene rings is 2. The van der Waals surface area contributed by atoms with E-state index in [-0.39, 0.29) is 5.91 Å². The number of nitrogens with zero attached hydrogens (tertiary/aromatic N) is 2. The lowest BCUT2D eigenvalue weighted by Crippen LogP contribution is -2.12. The van der Waals surface area contributed by atoms with Gasteiger partial charge in [0.15, 0.2) is 0 Å². The highest BCUT2D eigenvalue weighted by Gasteiger charge is 2.08. The average Bonchev–Trinajstić information content (AvgIpc) is 2.85. The number of amides is 1. The molecule has 1 amide bonds. The number of rotatable bonds is 7. The van der Waals surface area contributed by atoms with Gasteiger partial charge >= 0.3 is 0 Å². The van der Waals surface area contributed by atoms with Crippen LogP contribution in [0.2, 0.25) is 0 Å². The van der Waals surface area contributed by atoms with Crippen LogP contribution < -0.4 is 16.0 Å². The van der Waals surface area contributed by atoms with E-state index in [0.29, 0.717) is 17.1 Å². The molecule has 0 fully saturated rings. The number of hydrogen-bond acceptors (Lipinski definition) is 5. The molecule has 0 aliphatic heterocycles. The minimum absolute atomic E-state index is 0.215. The van der Waals surface area contributed by atoms with E-state index < -0.39 is 0 Å². The van der Waals surface area contributed by atoms with Crippen LogP contribution in [0.1, 0.15) is 29.8 Å². The van der Waals surface area contributed by atoms with Gasteiger partial charge in [0, 0.05) is 34.9 Å². The van der Waals surface area contributed by atoms with E-state index >= 15 is 0 Å². The molecule has 2 aromatic heterocycles. The van der Waals surface area contributed by atoms with Gasteiger partial charge in [-0.05, 0) is 81.4 Å². The first-order valence-corrected chi connectivity index (χ1v) is 11.1. The zero-order valence-corrected chi connectivity index (χ0v) is 19.5. The summed E-state index contributed by atoms with van der Waals surface area (Å²) in [5.74, 6) is 0.440. The second kappa shape index (κ2) is 10.4. The highest BCUT2D eigenvalue weighted by molar-refractivity contribution is 6.04. The fourth-order valence-corrected chi connectivity index (χ4v) is 3.51. The fraction of sp³-hybridized carbons (Fsp3) is 0.107. The molecular weight excluding hydrogens is 422 g/mol. The quantitative estimate of drug-likeness (QED) is 0.270. The Kier molecular flexibility index (Phi) is 6.98. The van der Waals surface area contributed by atoms with Crippen LogP contribution in [0.5, 0.6) is 0 Å². The molecule has 6 heteroatoms. The number of carbonyl (C=O) groups is 1. The summed E-state index contributed by atoms with van der Waals surface area (Å²) in [7, 11) is 0. The maximum absolute atomic E-state index is 12.7. The van der Waals surface area contributed by atoms with Crippen molar-refractivity contribution in [3.8, 4) is 0 Å². The maximum atomic E-state index is 12.7. The van der Waals surface area contributed by atoms with Gasteiger partial charge < -0.3 is 16.0 Å². The Morgan fingerprint density at radius 1 is 0.882 bits per heavy atom. The van der Waals surface area contributed by atoms with Crippen molar-refractivity contribution in [2.24, 2.45) is 0 Å². The summed E-state index contributed by atoms with van der Waals surface area (Å²) in [4.78, 5) is 21.5. The Morgan fingerprint density at radius 2 is 1.65 bits per heavy atom. The van der Waals surface area contributed by atoms with Gasteiger partial charge in [-0.3, -0.25) is 9.78 Å². The molecule has 4 rings (SSSR count). The van der Waals surface area contributed by atoms with Crippen LogP contribution >= 0.6 is 0 Å². The third-order valence-corrected chi connectivity index (χ3v) is 5.27. The molecule has 4 aromatic rings. The molecule has 3 N–H and O–H groups in total. The molecular formula is C28H27N5O. The predicted molar refractivity (Wildman–Crippen MR) is 141 cm³/mol. The number of fused-ring (bicyclic) bond motifs is 1. The van der Waals surface area contributed by atoms with Crippen LogP contribution in [0.25, 0.3) is 10.9 Å². The standard InChI is InChI=1S/C28H27N5O/c1-4-6-21(5-2)31-22-9-11-23(12-10-22)32-28(34)20-8-14-27(30-18-20)33-26-15-16-29-25-13-7-19(3)17-24(25)26/h4-18,31H,1-3H3,(H,32,34)(H,29,30,33)/b6-4-,21-5+. The molecule has 0 bridgehead atoms. The molecule has 0 radical (unpaired) electrons. The third kappa shape index (κ3) is 5.48. The van der Waals surface area contributed by atoms with Crippen LogP contribution in [0.15, 0.2) is 97.0 Å². The lowest BCUT2D eigenvalue weighted by Gasteiger charge is -2.11. The lowest BCUT2D eigenvalue weighted by molar-refractivity contribution is 0.102. The molecule has 0 atom stereocenters. The fourth-order valence-electron chi connectivity index (χ4n) is 3.51. The second-order valence-corrected chi connectivity index (χ2v) is 7.84. The number of pyridine rings is 2. The number of aromatic nitrogens is 2. The van der Waals surface area contributed by atoms with Crippen LogP contribution in [0.4, 0.5) is 22.9 Å². The molecule has 2 aromatic carbocycles. The summed E-state index contributed by atoms with van der Waals surface area (Å²) in [6, 6.07) is 19.2. The number of hydrogen-bond donors (Lipinski definition) is 3. The van der Waals surface area contributed by atoms with Gasteiger partial charge in [0.2, 0.25) is 0 Å². The van der Waals surface area contributed by atoms with Crippen molar-refractivity contribution in [2.75, 3.05) is 16.0 Å². The number of carbonyl (C=O) groups excluding carboxylic acids is 1. The first-order valence-electron chi connectivity index (χ1n) is 11.1. The number of aryl methyl sites for hydroxylation is 1. The summed E-state index contributed by atoms with van der Waals surface area (Å²) in [6.45, 7) is 6.00. The van der Waals surface area contributed by atoms with Gasteiger partial charge in [-0.15, -0.1) is 0 Å². The lowest BCUT2D eigenvalue weighted by atomic mass is 10.1. The van der Waals surface area contributed by atoms with Crippen molar-refractivity contribution in [2.45, 2.75) is 20.8 Å². The van der Waals surface area contributed by atoms with Gasteiger partial charge in [-0.25, -0.2) is 4.98 Å².